The maximum atomic E-state index is 11.8. The molecule has 1 aromatic rings. The van der Waals surface area contributed by atoms with Crippen molar-refractivity contribution in [3.8, 4) is 0 Å². The van der Waals surface area contributed by atoms with Gasteiger partial charge in [0.15, 0.2) is 0 Å². The Hall–Kier alpha value is 0.420. The van der Waals surface area contributed by atoms with Crippen molar-refractivity contribution in [3.05, 3.63) is 19.2 Å². The quantitative estimate of drug-likeness (QED) is 0.743. The molecule has 0 fully saturated rings. The predicted octanol–water partition coefficient (Wildman–Crippen LogP) is 4.41. The first kappa shape index (κ1) is 14.5. The number of nitrogens with one attached hydrogen (secondary N) is 1. The summed E-state index contributed by atoms with van der Waals surface area (Å²) in [5, 5.41) is 2.94. The van der Waals surface area contributed by atoms with Gasteiger partial charge in [-0.2, -0.15) is 0 Å². The van der Waals surface area contributed by atoms with Crippen LogP contribution in [0.25, 0.3) is 0 Å². The average molecular weight is 390 g/mol. The zero-order valence-corrected chi connectivity index (χ0v) is 13.5. The number of thiophene rings is 1. The molecule has 0 aliphatic rings. The van der Waals surface area contributed by atoms with Crippen molar-refractivity contribution in [1.82, 2.24) is 5.32 Å². The monoisotopic (exact) mass is 387 g/mol. The average Bonchev–Trinajstić information content (AvgIpc) is 2.56. The van der Waals surface area contributed by atoms with E-state index in [0.717, 1.165) is 21.1 Å². The van der Waals surface area contributed by atoms with E-state index >= 15 is 0 Å². The van der Waals surface area contributed by atoms with Crippen LogP contribution in [0.4, 0.5) is 0 Å². The Morgan fingerprint density at radius 2 is 2.31 bits per heavy atom. The van der Waals surface area contributed by atoms with Crippen LogP contribution < -0.4 is 5.32 Å². The molecule has 1 atom stereocenters. The van der Waals surface area contributed by atoms with Gasteiger partial charge in [0.2, 0.25) is 0 Å². The van der Waals surface area contributed by atoms with Crippen LogP contribution in [0.15, 0.2) is 14.3 Å². The lowest BCUT2D eigenvalue weighted by Crippen LogP contribution is -2.31. The molecular weight excluding hydrogens is 377 g/mol. The molecule has 0 aromatic carbocycles. The first-order chi connectivity index (χ1) is 7.54. The summed E-state index contributed by atoms with van der Waals surface area (Å²) in [6, 6.07) is 1.98. The SMILES string of the molecule is CC(CCCCl)NC(=O)c1cc(Br)c(Br)s1. The molecule has 1 amide bonds. The summed E-state index contributed by atoms with van der Waals surface area (Å²) in [7, 11) is 0. The molecule has 0 saturated carbocycles. The maximum Gasteiger partial charge on any atom is 0.261 e. The van der Waals surface area contributed by atoms with E-state index in [-0.39, 0.29) is 11.9 Å². The van der Waals surface area contributed by atoms with Crippen molar-refractivity contribution in [2.45, 2.75) is 25.8 Å². The molecular formula is C10H12Br2ClNOS. The topological polar surface area (TPSA) is 29.1 Å². The fourth-order valence-corrected chi connectivity index (χ4v) is 3.30. The fraction of sp³-hybridized carbons (Fsp3) is 0.500. The number of alkyl halides is 1. The van der Waals surface area contributed by atoms with Gasteiger partial charge >= 0.3 is 0 Å². The van der Waals surface area contributed by atoms with E-state index in [0.29, 0.717) is 10.8 Å². The Kier molecular flexibility index (Phi) is 6.32. The first-order valence-corrected chi connectivity index (χ1v) is 7.80. The number of hydrogen-bond donors (Lipinski definition) is 1. The lowest BCUT2D eigenvalue weighted by atomic mass is 10.2. The molecule has 1 rings (SSSR count). The molecule has 0 aliphatic heterocycles. The maximum absolute atomic E-state index is 11.8. The van der Waals surface area contributed by atoms with Crippen LogP contribution in [0.3, 0.4) is 0 Å². The van der Waals surface area contributed by atoms with E-state index in [1.54, 1.807) is 0 Å². The van der Waals surface area contributed by atoms with Gasteiger partial charge in [-0.3, -0.25) is 4.79 Å². The number of halogens is 3. The van der Waals surface area contributed by atoms with Crippen molar-refractivity contribution < 1.29 is 4.79 Å². The molecule has 90 valence electrons. The lowest BCUT2D eigenvalue weighted by molar-refractivity contribution is 0.0942. The summed E-state index contributed by atoms with van der Waals surface area (Å²) in [5.74, 6) is 0.606. The van der Waals surface area contributed by atoms with E-state index in [9.17, 15) is 4.79 Å². The van der Waals surface area contributed by atoms with Crippen LogP contribution >= 0.6 is 54.8 Å². The highest BCUT2D eigenvalue weighted by Gasteiger charge is 2.13. The van der Waals surface area contributed by atoms with Crippen LogP contribution in [0.5, 0.6) is 0 Å². The van der Waals surface area contributed by atoms with Crippen molar-refractivity contribution >= 4 is 60.7 Å². The lowest BCUT2D eigenvalue weighted by Gasteiger charge is -2.11. The number of rotatable bonds is 5. The van der Waals surface area contributed by atoms with Crippen molar-refractivity contribution in [2.75, 3.05) is 5.88 Å². The number of carbonyl (C=O) groups excluding carboxylic acids is 1. The summed E-state index contributed by atoms with van der Waals surface area (Å²) in [4.78, 5) is 12.5. The summed E-state index contributed by atoms with van der Waals surface area (Å²) >= 11 is 13.7. The largest absolute Gasteiger partial charge is 0.349 e. The van der Waals surface area contributed by atoms with E-state index in [1.807, 2.05) is 13.0 Å². The van der Waals surface area contributed by atoms with Gasteiger partial charge in [-0.15, -0.1) is 22.9 Å². The smallest absolute Gasteiger partial charge is 0.261 e. The van der Waals surface area contributed by atoms with Gasteiger partial charge < -0.3 is 5.32 Å². The Morgan fingerprint density at radius 1 is 1.62 bits per heavy atom. The Morgan fingerprint density at radius 3 is 2.81 bits per heavy atom. The molecule has 0 radical (unpaired) electrons. The minimum atomic E-state index is -0.0292. The van der Waals surface area contributed by atoms with Gasteiger partial charge in [0, 0.05) is 16.4 Å². The minimum Gasteiger partial charge on any atom is -0.349 e. The van der Waals surface area contributed by atoms with E-state index in [4.69, 9.17) is 11.6 Å². The van der Waals surface area contributed by atoms with Gasteiger partial charge in [-0.1, -0.05) is 0 Å². The molecule has 1 aromatic heterocycles. The van der Waals surface area contributed by atoms with Gasteiger partial charge in [-0.05, 0) is 57.7 Å². The van der Waals surface area contributed by atoms with Crippen LogP contribution in [-0.2, 0) is 0 Å². The van der Waals surface area contributed by atoms with Crippen LogP contribution in [-0.4, -0.2) is 17.8 Å². The molecule has 1 unspecified atom stereocenters. The fourth-order valence-electron chi connectivity index (χ4n) is 1.21. The number of hydrogen-bond acceptors (Lipinski definition) is 2. The van der Waals surface area contributed by atoms with Gasteiger partial charge in [0.1, 0.15) is 0 Å². The third-order valence-electron chi connectivity index (χ3n) is 2.02. The highest BCUT2D eigenvalue weighted by Crippen LogP contribution is 2.32. The molecule has 0 saturated heterocycles. The van der Waals surface area contributed by atoms with Crippen molar-refractivity contribution in [2.24, 2.45) is 0 Å². The van der Waals surface area contributed by atoms with Crippen LogP contribution in [0, 0.1) is 0 Å². The zero-order valence-electron chi connectivity index (χ0n) is 8.73. The van der Waals surface area contributed by atoms with E-state index in [2.05, 4.69) is 37.2 Å². The molecule has 16 heavy (non-hydrogen) atoms. The van der Waals surface area contributed by atoms with Gasteiger partial charge in [0.25, 0.3) is 5.91 Å². The summed E-state index contributed by atoms with van der Waals surface area (Å²) in [6.07, 6.45) is 1.82. The first-order valence-electron chi connectivity index (χ1n) is 4.86. The second kappa shape index (κ2) is 6.99. The Bertz CT molecular complexity index is 350. The van der Waals surface area contributed by atoms with Crippen molar-refractivity contribution in [3.63, 3.8) is 0 Å². The molecule has 1 heterocycles. The number of carbonyl (C=O) groups is 1. The molecule has 0 spiro atoms. The normalized spacial score (nSPS) is 12.5. The molecule has 0 aliphatic carbocycles. The minimum absolute atomic E-state index is 0.0292. The third kappa shape index (κ3) is 4.35. The zero-order chi connectivity index (χ0) is 12.1. The van der Waals surface area contributed by atoms with Crippen molar-refractivity contribution in [1.29, 1.82) is 0 Å². The highest BCUT2D eigenvalue weighted by molar-refractivity contribution is 9.13. The Labute approximate surface area is 121 Å². The van der Waals surface area contributed by atoms with Gasteiger partial charge in [0.05, 0.1) is 8.66 Å². The van der Waals surface area contributed by atoms with Crippen LogP contribution in [0.1, 0.15) is 29.4 Å². The second-order valence-electron chi connectivity index (χ2n) is 3.44. The van der Waals surface area contributed by atoms with Crippen LogP contribution in [0.2, 0.25) is 0 Å². The third-order valence-corrected chi connectivity index (χ3v) is 5.54. The summed E-state index contributed by atoms with van der Waals surface area (Å²) in [6.45, 7) is 1.99. The van der Waals surface area contributed by atoms with E-state index < -0.39 is 0 Å². The molecule has 2 nitrogen and oxygen atoms in total. The highest BCUT2D eigenvalue weighted by atomic mass is 79.9. The van der Waals surface area contributed by atoms with Gasteiger partial charge in [-0.25, -0.2) is 0 Å². The summed E-state index contributed by atoms with van der Waals surface area (Å²) in [5.41, 5.74) is 0. The standard InChI is InChI=1S/C10H12Br2ClNOS/c1-6(3-2-4-13)14-10(15)8-5-7(11)9(12)16-8/h5-6H,2-4H2,1H3,(H,14,15). The molecule has 1 N–H and O–H groups in total. The molecule has 6 heteroatoms. The van der Waals surface area contributed by atoms with E-state index in [1.165, 1.54) is 11.3 Å². The number of amides is 1. The Balaban J connectivity index is 2.52. The summed E-state index contributed by atoms with van der Waals surface area (Å²) < 4.78 is 1.85. The predicted molar refractivity (Wildman–Crippen MR) is 76.6 cm³/mol. The second-order valence-corrected chi connectivity index (χ2v) is 7.04. The molecule has 0 bridgehead atoms.